The zero-order valence-electron chi connectivity index (χ0n) is 23.3. The van der Waals surface area contributed by atoms with Gasteiger partial charge in [-0.05, 0) is 86.7 Å². The Morgan fingerprint density at radius 3 is 2.16 bits per heavy atom. The fraction of sp³-hybridized carbons (Fsp3) is 0.290. The lowest BCUT2D eigenvalue weighted by Crippen LogP contribution is -2.52. The Bertz CT molecular complexity index is 1710. The number of benzene rings is 3. The number of aryl methyl sites for hydroxylation is 1. The maximum Gasteiger partial charge on any atom is 0.339 e. The zero-order chi connectivity index (χ0) is 31.1. The second kappa shape index (κ2) is 12.1. The van der Waals surface area contributed by atoms with Crippen LogP contribution in [0.2, 0.25) is 10.0 Å². The van der Waals surface area contributed by atoms with Crippen molar-refractivity contribution in [1.82, 2.24) is 10.0 Å². The minimum Gasteiger partial charge on any atom is -0.379 e. The van der Waals surface area contributed by atoms with Crippen LogP contribution in [0.3, 0.4) is 0 Å². The number of hydrogen-bond donors (Lipinski definition) is 0. The average Bonchev–Trinajstić information content (AvgIpc) is 3.21. The summed E-state index contributed by atoms with van der Waals surface area (Å²) in [5.41, 5.74) is 1.03. The molecule has 1 saturated heterocycles. The van der Waals surface area contributed by atoms with Crippen LogP contribution in [-0.4, -0.2) is 48.5 Å². The van der Waals surface area contributed by atoms with Gasteiger partial charge in [0.2, 0.25) is 0 Å². The van der Waals surface area contributed by atoms with Gasteiger partial charge in [-0.3, -0.25) is 19.2 Å². The summed E-state index contributed by atoms with van der Waals surface area (Å²) >= 11 is 12.1. The molecule has 0 N–H and O–H groups in total. The van der Waals surface area contributed by atoms with E-state index >= 15 is 0 Å². The number of Topliss-reactive ketones (excluding diaryl/α,β-unsaturated/α-hetero) is 1. The Kier molecular flexibility index (Phi) is 8.65. The highest BCUT2D eigenvalue weighted by Gasteiger charge is 2.52. The monoisotopic (exact) mass is 642 g/mol. The third kappa shape index (κ3) is 6.32. The second-order valence-electron chi connectivity index (χ2n) is 10.9. The number of hydrogen-bond acceptors (Lipinski definition) is 7. The van der Waals surface area contributed by atoms with Crippen LogP contribution in [0.4, 0.5) is 0 Å². The van der Waals surface area contributed by atoms with Crippen LogP contribution in [0.1, 0.15) is 52.5 Å². The molecule has 2 aliphatic rings. The summed E-state index contributed by atoms with van der Waals surface area (Å²) in [6.07, 6.45) is 1.81. The summed E-state index contributed by atoms with van der Waals surface area (Å²) in [6, 6.07) is 15.6. The predicted octanol–water partition coefficient (Wildman–Crippen LogP) is 5.73. The number of carbonyl (C=O) groups excluding carboxylic acids is 4. The second-order valence-corrected chi connectivity index (χ2v) is 13.3. The van der Waals surface area contributed by atoms with Gasteiger partial charge < -0.3 is 4.18 Å². The van der Waals surface area contributed by atoms with Gasteiger partial charge in [0.15, 0.2) is 5.78 Å². The molecule has 1 heterocycles. The molecule has 1 aliphatic carbocycles. The molecule has 0 bridgehead atoms. The Morgan fingerprint density at radius 2 is 1.51 bits per heavy atom. The highest BCUT2D eigenvalue weighted by Crippen LogP contribution is 2.41. The summed E-state index contributed by atoms with van der Waals surface area (Å²) in [4.78, 5) is 54.1. The van der Waals surface area contributed by atoms with E-state index in [2.05, 4.69) is 0 Å². The number of imide groups is 1. The van der Waals surface area contributed by atoms with Crippen LogP contribution in [0.25, 0.3) is 0 Å². The van der Waals surface area contributed by atoms with E-state index < -0.39 is 52.0 Å². The van der Waals surface area contributed by atoms with Crippen LogP contribution in [0.5, 0.6) is 5.75 Å². The molecule has 0 aromatic heterocycles. The molecule has 3 atom stereocenters. The number of fused-ring (bicyclic) bond motifs is 1. The smallest absolute Gasteiger partial charge is 0.339 e. The molecule has 3 aromatic rings. The van der Waals surface area contributed by atoms with Gasteiger partial charge in [0, 0.05) is 11.1 Å². The molecular formula is C31H28Cl2N2O7S. The molecule has 0 spiro atoms. The first-order chi connectivity index (χ1) is 20.4. The SMILES string of the molecule is Cc1ccc(S(=O)(=O)Oc2ccc(C(=O)CN(C(=O)c3ccc(Cl)c(Cl)c3)N3C(=O)[C@H]4C[C@H](C)CC[C@H]4C3=O)cc2)cc1. The first-order valence-electron chi connectivity index (χ1n) is 13.6. The number of rotatable bonds is 8. The van der Waals surface area contributed by atoms with E-state index in [-0.39, 0.29) is 37.7 Å². The predicted molar refractivity (Wildman–Crippen MR) is 159 cm³/mol. The van der Waals surface area contributed by atoms with Gasteiger partial charge >= 0.3 is 10.1 Å². The van der Waals surface area contributed by atoms with Crippen molar-refractivity contribution in [3.8, 4) is 5.75 Å². The van der Waals surface area contributed by atoms with E-state index in [0.29, 0.717) is 12.8 Å². The number of nitrogens with zero attached hydrogens (tertiary/aromatic N) is 2. The third-order valence-electron chi connectivity index (χ3n) is 7.79. The fourth-order valence-electron chi connectivity index (χ4n) is 5.43. The molecule has 224 valence electrons. The van der Waals surface area contributed by atoms with Crippen molar-refractivity contribution in [2.24, 2.45) is 17.8 Å². The van der Waals surface area contributed by atoms with Crippen molar-refractivity contribution in [2.75, 3.05) is 6.54 Å². The minimum absolute atomic E-state index is 0.0235. The standard InChI is InChI=1S/C31H28Cl2N2O7S/c1-18-3-11-23(12-4-18)43(40,41)42-22-9-6-20(7-10-22)28(36)17-34(29(37)21-8-14-26(32)27(33)16-21)35-30(38)24-13-5-19(2)15-25(24)31(35)39/h3-4,6-12,14,16,19,24-25H,5,13,15,17H2,1-2H3/t19-,24-,25+/m1/s1. The van der Waals surface area contributed by atoms with Gasteiger partial charge in [0.1, 0.15) is 17.2 Å². The summed E-state index contributed by atoms with van der Waals surface area (Å²) in [5, 5.41) is 1.97. The summed E-state index contributed by atoms with van der Waals surface area (Å²) < 4.78 is 30.5. The maximum atomic E-state index is 13.7. The van der Waals surface area contributed by atoms with Crippen molar-refractivity contribution >= 4 is 56.8 Å². The molecule has 5 rings (SSSR count). The Balaban J connectivity index is 1.40. The van der Waals surface area contributed by atoms with Gasteiger partial charge in [0.05, 0.1) is 21.9 Å². The molecular weight excluding hydrogens is 615 g/mol. The van der Waals surface area contributed by atoms with Gasteiger partial charge in [-0.2, -0.15) is 13.4 Å². The highest BCUT2D eigenvalue weighted by molar-refractivity contribution is 7.87. The molecule has 9 nitrogen and oxygen atoms in total. The minimum atomic E-state index is -4.11. The quantitative estimate of drug-likeness (QED) is 0.175. The van der Waals surface area contributed by atoms with E-state index in [1.165, 1.54) is 54.6 Å². The molecule has 43 heavy (non-hydrogen) atoms. The Morgan fingerprint density at radius 1 is 0.884 bits per heavy atom. The van der Waals surface area contributed by atoms with Crippen LogP contribution in [0, 0.1) is 24.7 Å². The number of amides is 3. The van der Waals surface area contributed by atoms with Gasteiger partial charge in [-0.15, -0.1) is 0 Å². The first kappa shape index (κ1) is 30.7. The van der Waals surface area contributed by atoms with E-state index in [0.717, 1.165) is 22.0 Å². The zero-order valence-corrected chi connectivity index (χ0v) is 25.7. The van der Waals surface area contributed by atoms with E-state index in [1.54, 1.807) is 12.1 Å². The number of ketones is 1. The van der Waals surface area contributed by atoms with E-state index in [4.69, 9.17) is 27.4 Å². The first-order valence-corrected chi connectivity index (χ1v) is 15.8. The molecule has 1 saturated carbocycles. The largest absolute Gasteiger partial charge is 0.379 e. The number of halogens is 2. The lowest BCUT2D eigenvalue weighted by molar-refractivity contribution is -0.154. The molecule has 3 amide bonds. The van der Waals surface area contributed by atoms with Crippen molar-refractivity contribution < 1.29 is 31.8 Å². The van der Waals surface area contributed by atoms with Crippen molar-refractivity contribution in [1.29, 1.82) is 0 Å². The van der Waals surface area contributed by atoms with Gasteiger partial charge in [-0.1, -0.05) is 47.8 Å². The molecule has 0 unspecified atom stereocenters. The topological polar surface area (TPSA) is 118 Å². The average molecular weight is 644 g/mol. The molecule has 3 aromatic carbocycles. The highest BCUT2D eigenvalue weighted by atomic mass is 35.5. The van der Waals surface area contributed by atoms with E-state index in [9.17, 15) is 27.6 Å². The summed E-state index contributed by atoms with van der Waals surface area (Å²) in [5.74, 6) is -3.31. The number of hydrazine groups is 1. The molecule has 1 aliphatic heterocycles. The van der Waals surface area contributed by atoms with Crippen LogP contribution in [-0.2, 0) is 19.7 Å². The van der Waals surface area contributed by atoms with Crippen molar-refractivity contribution in [2.45, 2.75) is 38.0 Å². The van der Waals surface area contributed by atoms with Gasteiger partial charge in [-0.25, -0.2) is 5.01 Å². The Hall–Kier alpha value is -3.73. The number of carbonyl (C=O) groups is 4. The Labute approximate surface area is 259 Å². The fourth-order valence-corrected chi connectivity index (χ4v) is 6.65. The third-order valence-corrected chi connectivity index (χ3v) is 9.79. The molecule has 2 fully saturated rings. The summed E-state index contributed by atoms with van der Waals surface area (Å²) in [7, 11) is -4.11. The lowest BCUT2D eigenvalue weighted by Gasteiger charge is -2.30. The molecule has 0 radical (unpaired) electrons. The summed E-state index contributed by atoms with van der Waals surface area (Å²) in [6.45, 7) is 3.21. The normalized spacial score (nSPS) is 20.1. The van der Waals surface area contributed by atoms with Crippen LogP contribution in [0.15, 0.2) is 71.6 Å². The van der Waals surface area contributed by atoms with Crippen LogP contribution < -0.4 is 4.18 Å². The van der Waals surface area contributed by atoms with Crippen molar-refractivity contribution in [3.05, 3.63) is 93.5 Å². The molecule has 12 heteroatoms. The maximum absolute atomic E-state index is 13.7. The van der Waals surface area contributed by atoms with E-state index in [1.807, 2.05) is 13.8 Å². The van der Waals surface area contributed by atoms with Gasteiger partial charge in [0.25, 0.3) is 17.7 Å². The van der Waals surface area contributed by atoms with Crippen molar-refractivity contribution in [3.63, 3.8) is 0 Å². The lowest BCUT2D eigenvalue weighted by atomic mass is 9.76. The van der Waals surface area contributed by atoms with Crippen LogP contribution >= 0.6 is 23.2 Å².